The number of oxime groups is 1. The van der Waals surface area contributed by atoms with Crippen LogP contribution in [0.1, 0.15) is 6.42 Å². The maximum absolute atomic E-state index is 9.14. The number of hydroxylamine groups is 2. The van der Waals surface area contributed by atoms with Crippen LogP contribution in [0.3, 0.4) is 0 Å². The molecule has 1 rings (SSSR count). The molecule has 0 spiro atoms. The summed E-state index contributed by atoms with van der Waals surface area (Å²) in [6, 6.07) is 0. The minimum absolute atomic E-state index is 0. The van der Waals surface area contributed by atoms with Crippen LogP contribution >= 0.6 is 35.6 Å². The SMILES string of the molecule is Cl.ON1CCC=C(CON=C(Cl)Cl)C1. The Hall–Kier alpha value is -0.000000000000000111. The molecule has 0 aromatic heterocycles. The van der Waals surface area contributed by atoms with Gasteiger partial charge in [0, 0.05) is 13.1 Å². The van der Waals surface area contributed by atoms with Gasteiger partial charge in [-0.25, -0.2) is 0 Å². The summed E-state index contributed by atoms with van der Waals surface area (Å²) in [4.78, 5) is 4.80. The molecule has 0 aliphatic carbocycles. The van der Waals surface area contributed by atoms with Gasteiger partial charge < -0.3 is 10.0 Å². The summed E-state index contributed by atoms with van der Waals surface area (Å²) >= 11 is 10.5. The van der Waals surface area contributed by atoms with Crippen molar-refractivity contribution in [1.82, 2.24) is 5.06 Å². The van der Waals surface area contributed by atoms with Crippen molar-refractivity contribution < 1.29 is 10.0 Å². The zero-order valence-electron chi connectivity index (χ0n) is 7.32. The van der Waals surface area contributed by atoms with Gasteiger partial charge in [-0.05, 0) is 35.2 Å². The lowest BCUT2D eigenvalue weighted by molar-refractivity contribution is -0.0866. The van der Waals surface area contributed by atoms with Gasteiger partial charge in [0.2, 0.25) is 4.63 Å². The van der Waals surface area contributed by atoms with Crippen molar-refractivity contribution in [2.75, 3.05) is 19.7 Å². The van der Waals surface area contributed by atoms with Gasteiger partial charge in [0.15, 0.2) is 0 Å². The van der Waals surface area contributed by atoms with E-state index in [0.717, 1.165) is 12.0 Å². The van der Waals surface area contributed by atoms with Crippen molar-refractivity contribution in [2.45, 2.75) is 6.42 Å². The number of nitrogens with zero attached hydrogens (tertiary/aromatic N) is 2. The van der Waals surface area contributed by atoms with Gasteiger partial charge in [-0.15, -0.1) is 12.4 Å². The van der Waals surface area contributed by atoms with E-state index in [0.29, 0.717) is 19.7 Å². The summed E-state index contributed by atoms with van der Waals surface area (Å²) in [5.41, 5.74) is 0.965. The van der Waals surface area contributed by atoms with E-state index in [1.165, 1.54) is 5.06 Å². The minimum Gasteiger partial charge on any atom is -0.389 e. The van der Waals surface area contributed by atoms with Crippen LogP contribution in [0.5, 0.6) is 0 Å². The second kappa shape index (κ2) is 7.31. The molecule has 0 amide bonds. The molecule has 7 heteroatoms. The molecule has 1 aliphatic heterocycles. The van der Waals surface area contributed by atoms with Crippen LogP contribution < -0.4 is 0 Å². The largest absolute Gasteiger partial charge is 0.389 e. The smallest absolute Gasteiger partial charge is 0.235 e. The van der Waals surface area contributed by atoms with Crippen LogP contribution in [0.4, 0.5) is 0 Å². The van der Waals surface area contributed by atoms with Gasteiger partial charge in [0.25, 0.3) is 0 Å². The first-order valence-electron chi connectivity index (χ1n) is 3.81. The van der Waals surface area contributed by atoms with Gasteiger partial charge in [0.1, 0.15) is 6.61 Å². The topological polar surface area (TPSA) is 45.1 Å². The molecule has 0 fully saturated rings. The van der Waals surface area contributed by atoms with E-state index < -0.39 is 0 Å². The molecule has 0 radical (unpaired) electrons. The zero-order chi connectivity index (χ0) is 9.68. The van der Waals surface area contributed by atoms with Gasteiger partial charge in [-0.1, -0.05) is 11.2 Å². The van der Waals surface area contributed by atoms with Gasteiger partial charge in [-0.2, -0.15) is 5.06 Å². The molecule has 82 valence electrons. The second-order valence-electron chi connectivity index (χ2n) is 2.64. The van der Waals surface area contributed by atoms with Gasteiger partial charge >= 0.3 is 0 Å². The summed E-state index contributed by atoms with van der Waals surface area (Å²) < 4.78 is -0.155. The van der Waals surface area contributed by atoms with E-state index in [1.807, 2.05) is 6.08 Å². The molecule has 0 unspecified atom stereocenters. The van der Waals surface area contributed by atoms with E-state index in [2.05, 4.69) is 5.16 Å². The first kappa shape index (κ1) is 14.0. The number of hydrogen-bond donors (Lipinski definition) is 1. The lowest BCUT2D eigenvalue weighted by atomic mass is 10.1. The Balaban J connectivity index is 0.00000169. The van der Waals surface area contributed by atoms with E-state index in [1.54, 1.807) is 0 Å². The summed E-state index contributed by atoms with van der Waals surface area (Å²) in [5, 5.41) is 13.7. The Morgan fingerprint density at radius 3 is 2.93 bits per heavy atom. The fourth-order valence-electron chi connectivity index (χ4n) is 1.06. The van der Waals surface area contributed by atoms with Gasteiger partial charge in [-0.3, -0.25) is 0 Å². The fraction of sp³-hybridized carbons (Fsp3) is 0.571. The lowest BCUT2D eigenvalue weighted by Crippen LogP contribution is -2.27. The normalized spacial score (nSPS) is 16.6. The highest BCUT2D eigenvalue weighted by Crippen LogP contribution is 2.08. The average molecular weight is 262 g/mol. The zero-order valence-corrected chi connectivity index (χ0v) is 9.65. The third kappa shape index (κ3) is 5.67. The van der Waals surface area contributed by atoms with Gasteiger partial charge in [0.05, 0.1) is 0 Å². The molecule has 0 bridgehead atoms. The average Bonchev–Trinajstić information content (AvgIpc) is 2.03. The number of halogens is 3. The van der Waals surface area contributed by atoms with Crippen LogP contribution in [-0.2, 0) is 4.84 Å². The Morgan fingerprint density at radius 2 is 2.36 bits per heavy atom. The first-order valence-corrected chi connectivity index (χ1v) is 4.57. The van der Waals surface area contributed by atoms with E-state index in [4.69, 9.17) is 33.2 Å². The highest BCUT2D eigenvalue weighted by atomic mass is 35.5. The molecule has 0 atom stereocenters. The van der Waals surface area contributed by atoms with Crippen LogP contribution in [0, 0.1) is 0 Å². The number of hydrogen-bond acceptors (Lipinski definition) is 4. The summed E-state index contributed by atoms with van der Waals surface area (Å²) in [5.74, 6) is 0. The van der Waals surface area contributed by atoms with Crippen LogP contribution in [0.2, 0.25) is 0 Å². The summed E-state index contributed by atoms with van der Waals surface area (Å²) in [6.45, 7) is 1.44. The standard InChI is InChI=1S/C7H10Cl2N2O2.ClH/c8-7(9)10-13-5-6-2-1-3-11(12)4-6;/h2,12H,1,3-5H2;1H. The Morgan fingerprint density at radius 1 is 1.64 bits per heavy atom. The lowest BCUT2D eigenvalue weighted by Gasteiger charge is -2.20. The quantitative estimate of drug-likeness (QED) is 0.481. The van der Waals surface area contributed by atoms with Crippen molar-refractivity contribution in [1.29, 1.82) is 0 Å². The minimum atomic E-state index is -0.155. The molecule has 0 saturated carbocycles. The molecule has 1 N–H and O–H groups in total. The van der Waals surface area contributed by atoms with Crippen LogP contribution in [-0.4, -0.2) is 34.6 Å². The van der Waals surface area contributed by atoms with E-state index >= 15 is 0 Å². The van der Waals surface area contributed by atoms with Crippen molar-refractivity contribution >= 4 is 40.2 Å². The summed E-state index contributed by atoms with van der Waals surface area (Å²) in [6.07, 6.45) is 2.82. The van der Waals surface area contributed by atoms with E-state index in [9.17, 15) is 0 Å². The maximum Gasteiger partial charge on any atom is 0.235 e. The summed E-state index contributed by atoms with van der Waals surface area (Å²) in [7, 11) is 0. The van der Waals surface area contributed by atoms with Crippen molar-refractivity contribution in [3.8, 4) is 0 Å². The highest BCUT2D eigenvalue weighted by molar-refractivity contribution is 6.95. The third-order valence-electron chi connectivity index (χ3n) is 1.59. The monoisotopic (exact) mass is 260 g/mol. The predicted octanol–water partition coefficient (Wildman–Crippen LogP) is 2.19. The molecule has 1 heterocycles. The first-order chi connectivity index (χ1) is 6.18. The molecule has 1 aliphatic rings. The van der Waals surface area contributed by atoms with Crippen molar-refractivity contribution in [3.05, 3.63) is 11.6 Å². The fourth-order valence-corrected chi connectivity index (χ4v) is 1.16. The molecule has 0 aromatic carbocycles. The van der Waals surface area contributed by atoms with Crippen LogP contribution in [0.15, 0.2) is 16.8 Å². The van der Waals surface area contributed by atoms with Crippen LogP contribution in [0.25, 0.3) is 0 Å². The molecule has 4 nitrogen and oxygen atoms in total. The molecular weight excluding hydrogens is 250 g/mol. The highest BCUT2D eigenvalue weighted by Gasteiger charge is 2.09. The predicted molar refractivity (Wildman–Crippen MR) is 58.4 cm³/mol. The molecule has 14 heavy (non-hydrogen) atoms. The second-order valence-corrected chi connectivity index (χ2v) is 3.55. The van der Waals surface area contributed by atoms with Crippen molar-refractivity contribution in [3.63, 3.8) is 0 Å². The Kier molecular flexibility index (Phi) is 7.31. The maximum atomic E-state index is 9.14. The number of rotatable bonds is 3. The Labute approximate surface area is 98.5 Å². The Bertz CT molecular complexity index is 229. The third-order valence-corrected chi connectivity index (χ3v) is 1.73. The molecule has 0 saturated heterocycles. The van der Waals surface area contributed by atoms with E-state index in [-0.39, 0.29) is 17.0 Å². The molecule has 0 aromatic rings. The van der Waals surface area contributed by atoms with Crippen molar-refractivity contribution in [2.24, 2.45) is 5.16 Å². The molecular formula is C7H11Cl3N2O2.